The van der Waals surface area contributed by atoms with Crippen molar-refractivity contribution in [2.75, 3.05) is 18.3 Å². The zero-order chi connectivity index (χ0) is 22.5. The van der Waals surface area contributed by atoms with Crippen LogP contribution < -0.4 is 14.4 Å². The number of nitriles is 1. The SMILES string of the molecule is COc1ccc(CN(c2ccc(C#N)cc2)c2nc(C(=O)NSC)c(C)s2)c(F)c1F. The van der Waals surface area contributed by atoms with Crippen LogP contribution in [-0.4, -0.2) is 24.3 Å². The molecule has 0 atom stereocenters. The predicted octanol–water partition coefficient (Wildman–Crippen LogP) is 4.96. The average Bonchev–Trinajstić information content (AvgIpc) is 3.16. The monoisotopic (exact) mass is 460 g/mol. The maximum atomic E-state index is 14.7. The molecule has 1 amide bonds. The van der Waals surface area contributed by atoms with Gasteiger partial charge in [0.1, 0.15) is 5.69 Å². The molecule has 0 bridgehead atoms. The van der Waals surface area contributed by atoms with Crippen molar-refractivity contribution in [1.82, 2.24) is 9.71 Å². The van der Waals surface area contributed by atoms with Crippen molar-refractivity contribution in [3.63, 3.8) is 0 Å². The number of aryl methyl sites for hydroxylation is 1. The van der Waals surface area contributed by atoms with Crippen molar-refractivity contribution >= 4 is 40.0 Å². The van der Waals surface area contributed by atoms with Gasteiger partial charge in [-0.15, -0.1) is 11.3 Å². The number of hydrogen-bond donors (Lipinski definition) is 1. The van der Waals surface area contributed by atoms with E-state index in [1.54, 1.807) is 42.3 Å². The first-order chi connectivity index (χ1) is 14.9. The van der Waals surface area contributed by atoms with Gasteiger partial charge in [-0.3, -0.25) is 9.52 Å². The van der Waals surface area contributed by atoms with Crippen LogP contribution in [0.2, 0.25) is 0 Å². The van der Waals surface area contributed by atoms with Crippen LogP contribution in [0.4, 0.5) is 19.6 Å². The summed E-state index contributed by atoms with van der Waals surface area (Å²) in [6.45, 7) is 1.72. The number of nitrogens with one attached hydrogen (secondary N) is 1. The van der Waals surface area contributed by atoms with Crippen LogP contribution in [0.15, 0.2) is 36.4 Å². The second-order valence-corrected chi connectivity index (χ2v) is 8.13. The van der Waals surface area contributed by atoms with Crippen LogP contribution >= 0.6 is 23.3 Å². The minimum absolute atomic E-state index is 0.0464. The van der Waals surface area contributed by atoms with Crippen LogP contribution in [0.1, 0.15) is 26.5 Å². The second-order valence-electron chi connectivity index (χ2n) is 6.34. The molecule has 31 heavy (non-hydrogen) atoms. The highest BCUT2D eigenvalue weighted by Gasteiger charge is 2.23. The van der Waals surface area contributed by atoms with E-state index in [4.69, 9.17) is 10.00 Å². The first-order valence-electron chi connectivity index (χ1n) is 8.98. The molecule has 10 heteroatoms. The maximum absolute atomic E-state index is 14.7. The van der Waals surface area contributed by atoms with E-state index in [2.05, 4.69) is 9.71 Å². The zero-order valence-corrected chi connectivity index (χ0v) is 18.5. The van der Waals surface area contributed by atoms with Crippen molar-refractivity contribution in [3.8, 4) is 11.8 Å². The molecule has 6 nitrogen and oxygen atoms in total. The van der Waals surface area contributed by atoms with E-state index in [-0.39, 0.29) is 29.5 Å². The number of thiazole rings is 1. The molecule has 3 rings (SSSR count). The minimum Gasteiger partial charge on any atom is -0.494 e. The molecule has 160 valence electrons. The fraction of sp³-hybridized carbons (Fsp3) is 0.190. The lowest BCUT2D eigenvalue weighted by atomic mass is 10.1. The summed E-state index contributed by atoms with van der Waals surface area (Å²) >= 11 is 2.42. The van der Waals surface area contributed by atoms with E-state index in [0.29, 0.717) is 21.3 Å². The number of ether oxygens (including phenoxy) is 1. The van der Waals surface area contributed by atoms with Crippen molar-refractivity contribution in [2.24, 2.45) is 0 Å². The number of rotatable bonds is 7. The number of carbonyl (C=O) groups excluding carboxylic acids is 1. The quantitative estimate of drug-likeness (QED) is 0.503. The van der Waals surface area contributed by atoms with E-state index in [1.165, 1.54) is 30.6 Å². The van der Waals surface area contributed by atoms with Crippen LogP contribution in [0.5, 0.6) is 5.75 Å². The topological polar surface area (TPSA) is 78.2 Å². The molecular weight excluding hydrogens is 442 g/mol. The number of carbonyl (C=O) groups is 1. The number of methoxy groups -OCH3 is 1. The summed E-state index contributed by atoms with van der Waals surface area (Å²) in [5, 5.41) is 9.50. The van der Waals surface area contributed by atoms with Crippen LogP contribution in [0.25, 0.3) is 0 Å². The van der Waals surface area contributed by atoms with Gasteiger partial charge in [0.15, 0.2) is 16.7 Å². The number of benzene rings is 2. The summed E-state index contributed by atoms with van der Waals surface area (Å²) in [7, 11) is 1.26. The summed E-state index contributed by atoms with van der Waals surface area (Å²) < 4.78 is 36.4. The third-order valence-electron chi connectivity index (χ3n) is 4.41. The molecule has 0 aliphatic heterocycles. The van der Waals surface area contributed by atoms with E-state index in [0.717, 1.165) is 11.9 Å². The van der Waals surface area contributed by atoms with Gasteiger partial charge >= 0.3 is 0 Å². The lowest BCUT2D eigenvalue weighted by Crippen LogP contribution is -2.19. The van der Waals surface area contributed by atoms with Gasteiger partial charge in [-0.1, -0.05) is 18.0 Å². The fourth-order valence-corrected chi connectivity index (χ4v) is 4.06. The Bertz CT molecular complexity index is 1140. The third-order valence-corrected chi connectivity index (χ3v) is 5.79. The van der Waals surface area contributed by atoms with Crippen molar-refractivity contribution in [3.05, 3.63) is 69.7 Å². The Hall–Kier alpha value is -3.16. The molecule has 0 saturated heterocycles. The van der Waals surface area contributed by atoms with Crippen LogP contribution in [-0.2, 0) is 6.54 Å². The summed E-state index contributed by atoms with van der Waals surface area (Å²) in [6.07, 6.45) is 1.73. The Morgan fingerprint density at radius 2 is 1.97 bits per heavy atom. The first-order valence-corrected chi connectivity index (χ1v) is 11.0. The molecule has 3 aromatic rings. The highest BCUT2D eigenvalue weighted by atomic mass is 32.2. The van der Waals surface area contributed by atoms with E-state index >= 15 is 0 Å². The molecule has 2 aromatic carbocycles. The van der Waals surface area contributed by atoms with E-state index in [1.807, 2.05) is 6.07 Å². The zero-order valence-electron chi connectivity index (χ0n) is 16.9. The highest BCUT2D eigenvalue weighted by molar-refractivity contribution is 7.97. The summed E-state index contributed by atoms with van der Waals surface area (Å²) in [5.41, 5.74) is 1.42. The van der Waals surface area contributed by atoms with Crippen molar-refractivity contribution < 1.29 is 18.3 Å². The lowest BCUT2D eigenvalue weighted by molar-refractivity contribution is 0.0980. The number of aromatic nitrogens is 1. The van der Waals surface area contributed by atoms with Crippen molar-refractivity contribution in [1.29, 1.82) is 5.26 Å². The minimum atomic E-state index is -1.07. The van der Waals surface area contributed by atoms with Gasteiger partial charge in [-0.25, -0.2) is 9.37 Å². The molecule has 0 spiro atoms. The summed E-state index contributed by atoms with van der Waals surface area (Å²) in [6, 6.07) is 11.5. The Morgan fingerprint density at radius 3 is 2.58 bits per heavy atom. The maximum Gasteiger partial charge on any atom is 0.280 e. The Morgan fingerprint density at radius 1 is 1.26 bits per heavy atom. The molecule has 0 radical (unpaired) electrons. The number of amides is 1. The molecule has 1 N–H and O–H groups in total. The standard InChI is InChI=1S/C21H18F2N4O2S2/c1-12-19(20(28)26-30-3)25-21(31-12)27(15-7-4-13(10-24)5-8-15)11-14-6-9-16(29-2)18(23)17(14)22/h4-9H,11H2,1-3H3,(H,26,28). The normalized spacial score (nSPS) is 10.5. The van der Waals surface area contributed by atoms with Gasteiger partial charge in [0.05, 0.1) is 25.3 Å². The van der Waals surface area contributed by atoms with E-state index < -0.39 is 11.6 Å². The Kier molecular flexibility index (Phi) is 7.09. The molecule has 0 aliphatic rings. The lowest BCUT2D eigenvalue weighted by Gasteiger charge is -2.23. The number of halogens is 2. The van der Waals surface area contributed by atoms with Gasteiger partial charge in [0.25, 0.3) is 5.91 Å². The molecule has 0 aliphatic carbocycles. The molecular formula is C21H18F2N4O2S2. The Labute approximate surface area is 186 Å². The Balaban J connectivity index is 2.06. The van der Waals surface area contributed by atoms with Crippen LogP contribution in [0.3, 0.4) is 0 Å². The largest absolute Gasteiger partial charge is 0.494 e. The number of anilines is 2. The smallest absolute Gasteiger partial charge is 0.280 e. The predicted molar refractivity (Wildman–Crippen MR) is 118 cm³/mol. The molecule has 1 heterocycles. The van der Waals surface area contributed by atoms with Crippen LogP contribution in [0, 0.1) is 29.9 Å². The highest BCUT2D eigenvalue weighted by Crippen LogP contribution is 2.34. The molecule has 1 aromatic heterocycles. The van der Waals surface area contributed by atoms with Gasteiger partial charge in [-0.2, -0.15) is 9.65 Å². The van der Waals surface area contributed by atoms with Gasteiger partial charge < -0.3 is 9.64 Å². The fourth-order valence-electron chi connectivity index (χ4n) is 2.86. The first kappa shape index (κ1) is 22.5. The second kappa shape index (κ2) is 9.76. The van der Waals surface area contributed by atoms with Crippen molar-refractivity contribution in [2.45, 2.75) is 13.5 Å². The molecule has 0 fully saturated rings. The average molecular weight is 461 g/mol. The number of hydrogen-bond acceptors (Lipinski definition) is 7. The van der Waals surface area contributed by atoms with E-state index in [9.17, 15) is 13.6 Å². The van der Waals surface area contributed by atoms with Gasteiger partial charge in [0, 0.05) is 22.4 Å². The number of nitrogens with zero attached hydrogens (tertiary/aromatic N) is 3. The van der Waals surface area contributed by atoms with Gasteiger partial charge in [-0.05, 0) is 37.3 Å². The summed E-state index contributed by atoms with van der Waals surface area (Å²) in [5.74, 6) is -2.62. The summed E-state index contributed by atoms with van der Waals surface area (Å²) in [4.78, 5) is 19.1. The van der Waals surface area contributed by atoms with Gasteiger partial charge in [0.2, 0.25) is 5.82 Å². The molecule has 0 saturated carbocycles. The third kappa shape index (κ3) is 4.78. The molecule has 0 unspecified atom stereocenters.